The SMILES string of the molecule is CCc1nn(C)c(CN(C)Cc2cccc(F)c2)c1Br. The average Bonchev–Trinajstić information content (AvgIpc) is 2.66. The molecular formula is C15H19BrFN3. The second-order valence-corrected chi connectivity index (χ2v) is 5.78. The molecule has 0 saturated heterocycles. The largest absolute Gasteiger partial charge is 0.296 e. The van der Waals surface area contributed by atoms with Crippen molar-refractivity contribution in [3.63, 3.8) is 0 Å². The van der Waals surface area contributed by atoms with Gasteiger partial charge in [0.1, 0.15) is 5.82 Å². The molecule has 5 heteroatoms. The Labute approximate surface area is 127 Å². The lowest BCUT2D eigenvalue weighted by molar-refractivity contribution is 0.308. The van der Waals surface area contributed by atoms with Crippen LogP contribution in [0, 0.1) is 5.82 Å². The zero-order chi connectivity index (χ0) is 14.7. The summed E-state index contributed by atoms with van der Waals surface area (Å²) in [6, 6.07) is 6.73. The molecule has 0 bridgehead atoms. The molecule has 1 heterocycles. The topological polar surface area (TPSA) is 21.1 Å². The van der Waals surface area contributed by atoms with E-state index >= 15 is 0 Å². The van der Waals surface area contributed by atoms with E-state index in [1.807, 2.05) is 24.8 Å². The van der Waals surface area contributed by atoms with E-state index in [2.05, 4.69) is 32.9 Å². The lowest BCUT2D eigenvalue weighted by Crippen LogP contribution is -2.19. The fraction of sp³-hybridized carbons (Fsp3) is 0.400. The van der Waals surface area contributed by atoms with Crippen LogP contribution in [0.2, 0.25) is 0 Å². The molecule has 0 amide bonds. The van der Waals surface area contributed by atoms with Crippen LogP contribution < -0.4 is 0 Å². The Kier molecular flexibility index (Phi) is 4.94. The van der Waals surface area contributed by atoms with Crippen molar-refractivity contribution >= 4 is 15.9 Å². The molecular weight excluding hydrogens is 321 g/mol. The zero-order valence-electron chi connectivity index (χ0n) is 12.0. The monoisotopic (exact) mass is 339 g/mol. The summed E-state index contributed by atoms with van der Waals surface area (Å²) in [5.74, 6) is -0.189. The first-order chi connectivity index (χ1) is 9.51. The summed E-state index contributed by atoms with van der Waals surface area (Å²) in [5.41, 5.74) is 3.18. The predicted molar refractivity (Wildman–Crippen MR) is 81.9 cm³/mol. The fourth-order valence-corrected chi connectivity index (χ4v) is 2.99. The van der Waals surface area contributed by atoms with Crippen molar-refractivity contribution in [1.82, 2.24) is 14.7 Å². The minimum atomic E-state index is -0.189. The Balaban J connectivity index is 2.08. The standard InChI is InChI=1S/C15H19BrFN3/c1-4-13-15(16)14(20(3)18-13)10-19(2)9-11-6-5-7-12(17)8-11/h5-8H,4,9-10H2,1-3H3. The first kappa shape index (κ1) is 15.2. The van der Waals surface area contributed by atoms with Crippen molar-refractivity contribution in [2.24, 2.45) is 7.05 Å². The summed E-state index contributed by atoms with van der Waals surface area (Å²) in [6.07, 6.45) is 0.905. The summed E-state index contributed by atoms with van der Waals surface area (Å²) in [7, 11) is 3.98. The van der Waals surface area contributed by atoms with Gasteiger partial charge in [-0.1, -0.05) is 19.1 Å². The van der Waals surface area contributed by atoms with Crippen LogP contribution in [-0.2, 0) is 26.6 Å². The summed E-state index contributed by atoms with van der Waals surface area (Å²) < 4.78 is 16.2. The third kappa shape index (κ3) is 3.46. The van der Waals surface area contributed by atoms with E-state index in [9.17, 15) is 4.39 Å². The van der Waals surface area contributed by atoms with Crippen molar-refractivity contribution in [2.45, 2.75) is 26.4 Å². The molecule has 1 aromatic carbocycles. The van der Waals surface area contributed by atoms with E-state index in [1.54, 1.807) is 12.1 Å². The molecule has 0 saturated carbocycles. The van der Waals surface area contributed by atoms with E-state index in [0.717, 1.165) is 34.4 Å². The third-order valence-electron chi connectivity index (χ3n) is 3.26. The van der Waals surface area contributed by atoms with Gasteiger partial charge in [-0.2, -0.15) is 5.10 Å². The molecule has 0 aliphatic heterocycles. The van der Waals surface area contributed by atoms with Crippen LogP contribution in [0.15, 0.2) is 28.7 Å². The molecule has 1 aromatic heterocycles. The number of benzene rings is 1. The van der Waals surface area contributed by atoms with Gasteiger partial charge >= 0.3 is 0 Å². The summed E-state index contributed by atoms with van der Waals surface area (Å²) in [4.78, 5) is 2.15. The lowest BCUT2D eigenvalue weighted by Gasteiger charge is -2.17. The minimum absolute atomic E-state index is 0.189. The number of rotatable bonds is 5. The maximum absolute atomic E-state index is 13.2. The molecule has 0 fully saturated rings. The van der Waals surface area contributed by atoms with Crippen molar-refractivity contribution in [3.8, 4) is 0 Å². The number of halogens is 2. The predicted octanol–water partition coefficient (Wildman–Crippen LogP) is 3.52. The highest BCUT2D eigenvalue weighted by molar-refractivity contribution is 9.10. The van der Waals surface area contributed by atoms with Gasteiger partial charge in [-0.25, -0.2) is 4.39 Å². The Morgan fingerprint density at radius 2 is 2.10 bits per heavy atom. The van der Waals surface area contributed by atoms with Crippen LogP contribution >= 0.6 is 15.9 Å². The number of nitrogens with zero attached hydrogens (tertiary/aromatic N) is 3. The third-order valence-corrected chi connectivity index (χ3v) is 4.18. The highest BCUT2D eigenvalue weighted by atomic mass is 79.9. The summed E-state index contributed by atoms with van der Waals surface area (Å²) >= 11 is 3.62. The summed E-state index contributed by atoms with van der Waals surface area (Å²) in [5, 5.41) is 4.49. The quantitative estimate of drug-likeness (QED) is 0.831. The summed E-state index contributed by atoms with van der Waals surface area (Å²) in [6.45, 7) is 3.56. The Morgan fingerprint density at radius 1 is 1.35 bits per heavy atom. The van der Waals surface area contributed by atoms with Crippen LogP contribution in [0.1, 0.15) is 23.9 Å². The van der Waals surface area contributed by atoms with Gasteiger partial charge in [0.25, 0.3) is 0 Å². The fourth-order valence-electron chi connectivity index (χ4n) is 2.25. The molecule has 0 radical (unpaired) electrons. The minimum Gasteiger partial charge on any atom is -0.296 e. The van der Waals surface area contributed by atoms with Crippen LogP contribution in [0.5, 0.6) is 0 Å². The van der Waals surface area contributed by atoms with Gasteiger partial charge in [-0.15, -0.1) is 0 Å². The first-order valence-electron chi connectivity index (χ1n) is 6.64. The molecule has 20 heavy (non-hydrogen) atoms. The Hall–Kier alpha value is -1.20. The van der Waals surface area contributed by atoms with Crippen LogP contribution in [0.4, 0.5) is 4.39 Å². The molecule has 0 atom stereocenters. The van der Waals surface area contributed by atoms with Gasteiger partial charge in [-0.05, 0) is 47.1 Å². The van der Waals surface area contributed by atoms with Crippen molar-refractivity contribution in [2.75, 3.05) is 7.05 Å². The van der Waals surface area contributed by atoms with Crippen LogP contribution in [-0.4, -0.2) is 21.7 Å². The molecule has 3 nitrogen and oxygen atoms in total. The average molecular weight is 340 g/mol. The second kappa shape index (κ2) is 6.50. The van der Waals surface area contributed by atoms with E-state index in [4.69, 9.17) is 0 Å². The molecule has 0 spiro atoms. The van der Waals surface area contributed by atoms with Crippen molar-refractivity contribution < 1.29 is 4.39 Å². The van der Waals surface area contributed by atoms with Gasteiger partial charge in [0.05, 0.1) is 15.9 Å². The second-order valence-electron chi connectivity index (χ2n) is 4.99. The van der Waals surface area contributed by atoms with Crippen LogP contribution in [0.3, 0.4) is 0 Å². The van der Waals surface area contributed by atoms with Crippen LogP contribution in [0.25, 0.3) is 0 Å². The van der Waals surface area contributed by atoms with Crippen molar-refractivity contribution in [1.29, 1.82) is 0 Å². The molecule has 2 rings (SSSR count). The zero-order valence-corrected chi connectivity index (χ0v) is 13.6. The number of hydrogen-bond acceptors (Lipinski definition) is 2. The molecule has 0 unspecified atom stereocenters. The Morgan fingerprint density at radius 3 is 2.70 bits per heavy atom. The van der Waals surface area contributed by atoms with Gasteiger partial charge in [0.15, 0.2) is 0 Å². The number of aryl methyl sites for hydroxylation is 2. The van der Waals surface area contributed by atoms with E-state index < -0.39 is 0 Å². The maximum atomic E-state index is 13.2. The molecule has 0 aliphatic carbocycles. The van der Waals surface area contributed by atoms with E-state index in [-0.39, 0.29) is 5.82 Å². The highest BCUT2D eigenvalue weighted by Crippen LogP contribution is 2.23. The molecule has 2 aromatic rings. The normalized spacial score (nSPS) is 11.3. The highest BCUT2D eigenvalue weighted by Gasteiger charge is 2.14. The number of aromatic nitrogens is 2. The molecule has 0 aliphatic rings. The van der Waals surface area contributed by atoms with E-state index in [1.165, 1.54) is 6.07 Å². The van der Waals surface area contributed by atoms with E-state index in [0.29, 0.717) is 6.54 Å². The molecule has 0 N–H and O–H groups in total. The maximum Gasteiger partial charge on any atom is 0.123 e. The Bertz CT molecular complexity index is 595. The number of hydrogen-bond donors (Lipinski definition) is 0. The smallest absolute Gasteiger partial charge is 0.123 e. The van der Waals surface area contributed by atoms with Gasteiger partial charge < -0.3 is 0 Å². The lowest BCUT2D eigenvalue weighted by atomic mass is 10.2. The molecule has 108 valence electrons. The van der Waals surface area contributed by atoms with Gasteiger partial charge in [0.2, 0.25) is 0 Å². The van der Waals surface area contributed by atoms with Gasteiger partial charge in [-0.3, -0.25) is 9.58 Å². The first-order valence-corrected chi connectivity index (χ1v) is 7.43. The van der Waals surface area contributed by atoms with Gasteiger partial charge in [0, 0.05) is 20.1 Å². The van der Waals surface area contributed by atoms with Crippen molar-refractivity contribution in [3.05, 3.63) is 51.5 Å².